The Morgan fingerprint density at radius 3 is 2.80 bits per heavy atom. The van der Waals surface area contributed by atoms with Gasteiger partial charge in [-0.15, -0.1) is 0 Å². The number of H-pyrrole nitrogens is 1. The molecule has 0 aliphatic heterocycles. The van der Waals surface area contributed by atoms with Crippen LogP contribution in [0.25, 0.3) is 11.3 Å². The normalized spacial score (nSPS) is 12.4. The molecular weight excluding hydrogens is 258 g/mol. The Kier molecular flexibility index (Phi) is 3.89. The van der Waals surface area contributed by atoms with Gasteiger partial charge >= 0.3 is 0 Å². The van der Waals surface area contributed by atoms with Gasteiger partial charge in [-0.05, 0) is 26.8 Å². The lowest BCUT2D eigenvalue weighted by atomic mass is 10.1. The minimum Gasteiger partial charge on any atom is -0.394 e. The lowest BCUT2D eigenvalue weighted by Crippen LogP contribution is -2.35. The predicted molar refractivity (Wildman–Crippen MR) is 74.3 cm³/mol. The highest BCUT2D eigenvalue weighted by Gasteiger charge is 2.17. The zero-order valence-corrected chi connectivity index (χ0v) is 12.1. The molecule has 0 fully saturated rings. The van der Waals surface area contributed by atoms with E-state index in [1.165, 1.54) is 0 Å². The summed E-state index contributed by atoms with van der Waals surface area (Å²) < 4.78 is 1.78. The maximum atomic E-state index is 11.9. The summed E-state index contributed by atoms with van der Waals surface area (Å²) >= 11 is 0. The van der Waals surface area contributed by atoms with Crippen LogP contribution in [0.2, 0.25) is 0 Å². The topological polar surface area (TPSA) is 95.8 Å². The van der Waals surface area contributed by atoms with Crippen LogP contribution in [-0.2, 0) is 7.05 Å². The van der Waals surface area contributed by atoms with Crippen LogP contribution < -0.4 is 5.32 Å². The van der Waals surface area contributed by atoms with Gasteiger partial charge in [-0.1, -0.05) is 0 Å². The molecule has 2 heterocycles. The number of carbonyl (C=O) groups excluding carboxylic acids is 1. The molecule has 0 aliphatic rings. The lowest BCUT2D eigenvalue weighted by molar-refractivity contribution is 0.0917. The molecule has 1 atom stereocenters. The van der Waals surface area contributed by atoms with Crippen LogP contribution in [0.3, 0.4) is 0 Å². The van der Waals surface area contributed by atoms with E-state index in [0.717, 1.165) is 17.0 Å². The van der Waals surface area contributed by atoms with Gasteiger partial charge in [0.2, 0.25) is 0 Å². The second-order valence-corrected chi connectivity index (χ2v) is 4.89. The fourth-order valence-corrected chi connectivity index (χ4v) is 2.06. The zero-order chi connectivity index (χ0) is 14.9. The number of carbonyl (C=O) groups is 1. The van der Waals surface area contributed by atoms with E-state index in [9.17, 15) is 4.79 Å². The number of amides is 1. The standard InChI is InChI=1S/C13H19N5O2/c1-7(6-19)14-13(20)11-5-10(15-16-11)12-8(2)17-18(4)9(12)3/h5,7,19H,6H2,1-4H3,(H,14,20)(H,15,16). The molecule has 1 amide bonds. The number of aromatic amines is 1. The van der Waals surface area contributed by atoms with Gasteiger partial charge in [-0.2, -0.15) is 10.2 Å². The van der Waals surface area contributed by atoms with Gasteiger partial charge in [0.15, 0.2) is 0 Å². The molecule has 2 rings (SSSR count). The summed E-state index contributed by atoms with van der Waals surface area (Å²) in [4.78, 5) is 11.9. The van der Waals surface area contributed by atoms with Crippen molar-refractivity contribution in [3.63, 3.8) is 0 Å². The third-order valence-corrected chi connectivity index (χ3v) is 3.24. The Bertz CT molecular complexity index is 629. The van der Waals surface area contributed by atoms with E-state index < -0.39 is 0 Å². The molecule has 0 saturated heterocycles. The molecule has 7 nitrogen and oxygen atoms in total. The molecule has 0 aliphatic carbocycles. The first kappa shape index (κ1) is 14.3. The van der Waals surface area contributed by atoms with Gasteiger partial charge in [-0.3, -0.25) is 14.6 Å². The Balaban J connectivity index is 2.27. The quantitative estimate of drug-likeness (QED) is 0.760. The molecule has 1 unspecified atom stereocenters. The van der Waals surface area contributed by atoms with Crippen LogP contribution >= 0.6 is 0 Å². The molecule has 0 aromatic carbocycles. The minimum absolute atomic E-state index is 0.104. The maximum absolute atomic E-state index is 11.9. The van der Waals surface area contributed by atoms with E-state index in [2.05, 4.69) is 20.6 Å². The molecule has 0 radical (unpaired) electrons. The van der Waals surface area contributed by atoms with E-state index in [-0.39, 0.29) is 18.6 Å². The number of nitrogens with zero attached hydrogens (tertiary/aromatic N) is 3. The number of aryl methyl sites for hydroxylation is 2. The Morgan fingerprint density at radius 1 is 1.55 bits per heavy atom. The largest absolute Gasteiger partial charge is 0.394 e. The monoisotopic (exact) mass is 277 g/mol. The molecule has 20 heavy (non-hydrogen) atoms. The summed E-state index contributed by atoms with van der Waals surface area (Å²) in [6.45, 7) is 5.49. The van der Waals surface area contributed by atoms with Crippen LogP contribution in [0.5, 0.6) is 0 Å². The van der Waals surface area contributed by atoms with Crippen molar-refractivity contribution in [1.29, 1.82) is 0 Å². The molecule has 3 N–H and O–H groups in total. The molecule has 0 saturated carbocycles. The Hall–Kier alpha value is -2.15. The minimum atomic E-state index is -0.295. The van der Waals surface area contributed by atoms with Crippen molar-refractivity contribution in [2.75, 3.05) is 6.61 Å². The van der Waals surface area contributed by atoms with Crippen LogP contribution in [-0.4, -0.2) is 43.6 Å². The summed E-state index contributed by atoms with van der Waals surface area (Å²) in [6, 6.07) is 1.40. The second kappa shape index (κ2) is 5.46. The summed E-state index contributed by atoms with van der Waals surface area (Å²) in [5.41, 5.74) is 3.84. The van der Waals surface area contributed by atoms with Crippen molar-refractivity contribution in [3.05, 3.63) is 23.1 Å². The number of aliphatic hydroxyl groups excluding tert-OH is 1. The molecule has 7 heteroatoms. The van der Waals surface area contributed by atoms with Crippen molar-refractivity contribution in [2.45, 2.75) is 26.8 Å². The first-order valence-corrected chi connectivity index (χ1v) is 6.41. The third-order valence-electron chi connectivity index (χ3n) is 3.24. The van der Waals surface area contributed by atoms with E-state index in [1.807, 2.05) is 20.9 Å². The average Bonchev–Trinajstić information content (AvgIpc) is 2.96. The average molecular weight is 277 g/mol. The van der Waals surface area contributed by atoms with Crippen LogP contribution in [0, 0.1) is 13.8 Å². The van der Waals surface area contributed by atoms with Crippen LogP contribution in [0.15, 0.2) is 6.07 Å². The molecule has 0 spiro atoms. The predicted octanol–water partition coefficient (Wildman–Crippen LogP) is 0.538. The van der Waals surface area contributed by atoms with E-state index in [0.29, 0.717) is 11.4 Å². The van der Waals surface area contributed by atoms with Gasteiger partial charge in [0.25, 0.3) is 5.91 Å². The Morgan fingerprint density at radius 2 is 2.25 bits per heavy atom. The van der Waals surface area contributed by atoms with Gasteiger partial charge < -0.3 is 10.4 Å². The molecular formula is C13H19N5O2. The molecule has 2 aromatic heterocycles. The number of rotatable bonds is 4. The lowest BCUT2D eigenvalue weighted by Gasteiger charge is -2.08. The van der Waals surface area contributed by atoms with Gasteiger partial charge in [-0.25, -0.2) is 0 Å². The molecule has 0 bridgehead atoms. The number of nitrogens with one attached hydrogen (secondary N) is 2. The first-order valence-electron chi connectivity index (χ1n) is 6.41. The van der Waals surface area contributed by atoms with Crippen LogP contribution in [0.1, 0.15) is 28.8 Å². The maximum Gasteiger partial charge on any atom is 0.269 e. The van der Waals surface area contributed by atoms with E-state index in [4.69, 9.17) is 5.11 Å². The number of aromatic nitrogens is 4. The van der Waals surface area contributed by atoms with Crippen molar-refractivity contribution >= 4 is 5.91 Å². The van der Waals surface area contributed by atoms with Crippen molar-refractivity contribution in [3.8, 4) is 11.3 Å². The fourth-order valence-electron chi connectivity index (χ4n) is 2.06. The summed E-state index contributed by atoms with van der Waals surface area (Å²) in [6.07, 6.45) is 0. The van der Waals surface area contributed by atoms with Crippen molar-refractivity contribution in [1.82, 2.24) is 25.3 Å². The fraction of sp³-hybridized carbons (Fsp3) is 0.462. The first-order chi connectivity index (χ1) is 9.43. The SMILES string of the molecule is Cc1nn(C)c(C)c1-c1cc(C(=O)NC(C)CO)[nH]n1. The number of hydrogen-bond donors (Lipinski definition) is 3. The van der Waals surface area contributed by atoms with Gasteiger partial charge in [0, 0.05) is 24.3 Å². The van der Waals surface area contributed by atoms with Gasteiger partial charge in [0.1, 0.15) is 5.69 Å². The molecule has 2 aromatic rings. The van der Waals surface area contributed by atoms with Crippen molar-refractivity contribution in [2.24, 2.45) is 7.05 Å². The Labute approximate surface area is 117 Å². The number of aliphatic hydroxyl groups is 1. The summed E-state index contributed by atoms with van der Waals surface area (Å²) in [5, 5.41) is 22.8. The second-order valence-electron chi connectivity index (χ2n) is 4.89. The highest BCUT2D eigenvalue weighted by molar-refractivity contribution is 5.93. The highest BCUT2D eigenvalue weighted by Crippen LogP contribution is 2.25. The third kappa shape index (κ3) is 2.57. The summed E-state index contributed by atoms with van der Waals surface area (Å²) in [5.74, 6) is -0.288. The smallest absolute Gasteiger partial charge is 0.269 e. The van der Waals surface area contributed by atoms with E-state index in [1.54, 1.807) is 17.7 Å². The summed E-state index contributed by atoms with van der Waals surface area (Å²) in [7, 11) is 1.87. The van der Waals surface area contributed by atoms with Gasteiger partial charge in [0.05, 0.1) is 18.0 Å². The molecule has 108 valence electrons. The van der Waals surface area contributed by atoms with Crippen LogP contribution in [0.4, 0.5) is 0 Å². The zero-order valence-electron chi connectivity index (χ0n) is 12.1. The number of hydrogen-bond acceptors (Lipinski definition) is 4. The highest BCUT2D eigenvalue weighted by atomic mass is 16.3. The van der Waals surface area contributed by atoms with E-state index >= 15 is 0 Å². The van der Waals surface area contributed by atoms with Crippen molar-refractivity contribution < 1.29 is 9.90 Å².